The van der Waals surface area contributed by atoms with Crippen LogP contribution in [0, 0.1) is 17.8 Å². The van der Waals surface area contributed by atoms with Crippen LogP contribution >= 0.6 is 0 Å². The van der Waals surface area contributed by atoms with E-state index < -0.39 is 10.2 Å². The van der Waals surface area contributed by atoms with Crippen LogP contribution in [0.2, 0.25) is 0 Å². The minimum atomic E-state index is -3.39. The van der Waals surface area contributed by atoms with Crippen LogP contribution in [0.25, 0.3) is 0 Å². The number of hydrogen-bond acceptors (Lipinski definition) is 5. The molecule has 3 aliphatic heterocycles. The van der Waals surface area contributed by atoms with Gasteiger partial charge in [-0.05, 0) is 62.5 Å². The Labute approximate surface area is 192 Å². The summed E-state index contributed by atoms with van der Waals surface area (Å²) in [6, 6.07) is 3.70. The summed E-state index contributed by atoms with van der Waals surface area (Å²) in [4.78, 5) is 19.0. The number of hydrogen-bond donors (Lipinski definition) is 0. The topological polar surface area (TPSA) is 83.1 Å². The fourth-order valence-corrected chi connectivity index (χ4v) is 6.69. The van der Waals surface area contributed by atoms with Crippen molar-refractivity contribution in [1.82, 2.24) is 18.5 Å². The van der Waals surface area contributed by atoms with Crippen molar-refractivity contribution in [3.05, 3.63) is 24.5 Å². The van der Waals surface area contributed by atoms with Crippen LogP contribution in [0.1, 0.15) is 45.4 Å². The van der Waals surface area contributed by atoms with E-state index in [2.05, 4.69) is 11.9 Å². The van der Waals surface area contributed by atoms with Gasteiger partial charge in [-0.25, -0.2) is 0 Å². The largest absolute Gasteiger partial charge is 0.493 e. The molecule has 0 N–H and O–H groups in total. The summed E-state index contributed by atoms with van der Waals surface area (Å²) >= 11 is 0. The van der Waals surface area contributed by atoms with Crippen LogP contribution in [-0.2, 0) is 15.0 Å². The van der Waals surface area contributed by atoms with E-state index in [-0.39, 0.29) is 11.8 Å². The lowest BCUT2D eigenvalue weighted by atomic mass is 9.96. The molecule has 4 heterocycles. The number of carbonyl (C=O) groups is 1. The summed E-state index contributed by atoms with van der Waals surface area (Å²) in [5.41, 5.74) is 0. The van der Waals surface area contributed by atoms with Crippen LogP contribution in [0.15, 0.2) is 24.5 Å². The van der Waals surface area contributed by atoms with E-state index in [1.165, 1.54) is 0 Å². The van der Waals surface area contributed by atoms with Gasteiger partial charge < -0.3 is 9.64 Å². The molecule has 9 heteroatoms. The predicted molar refractivity (Wildman–Crippen MR) is 122 cm³/mol. The third-order valence-corrected chi connectivity index (χ3v) is 9.28. The van der Waals surface area contributed by atoms with Crippen molar-refractivity contribution in [2.45, 2.75) is 45.4 Å². The van der Waals surface area contributed by atoms with E-state index in [4.69, 9.17) is 4.74 Å². The van der Waals surface area contributed by atoms with E-state index in [0.717, 1.165) is 44.5 Å². The number of likely N-dealkylation sites (tertiary alicyclic amines) is 1. The first-order valence-corrected chi connectivity index (χ1v) is 13.4. The molecule has 1 amide bonds. The van der Waals surface area contributed by atoms with Crippen molar-refractivity contribution >= 4 is 16.1 Å². The van der Waals surface area contributed by atoms with E-state index in [1.807, 2.05) is 17.0 Å². The third-order valence-electron chi connectivity index (χ3n) is 7.24. The fourth-order valence-electron chi connectivity index (χ4n) is 5.02. The van der Waals surface area contributed by atoms with Gasteiger partial charge in [-0.3, -0.25) is 9.78 Å². The number of ether oxygens (including phenoxy) is 1. The SMILES string of the molecule is CC1CCN(S(=O)(=O)N2CCC(C(=O)N3CCC(CCOc4ccncc4)C3)CC2)CC1. The molecule has 1 atom stereocenters. The van der Waals surface area contributed by atoms with Gasteiger partial charge in [0.2, 0.25) is 5.91 Å². The average Bonchev–Trinajstić information content (AvgIpc) is 3.28. The third kappa shape index (κ3) is 5.61. The Morgan fingerprint density at radius 3 is 2.28 bits per heavy atom. The maximum absolute atomic E-state index is 13.0. The highest BCUT2D eigenvalue weighted by molar-refractivity contribution is 7.86. The van der Waals surface area contributed by atoms with Gasteiger partial charge in [0.15, 0.2) is 0 Å². The molecule has 0 radical (unpaired) electrons. The van der Waals surface area contributed by atoms with Crippen molar-refractivity contribution in [1.29, 1.82) is 0 Å². The smallest absolute Gasteiger partial charge is 0.281 e. The first-order chi connectivity index (χ1) is 15.4. The Bertz CT molecular complexity index is 850. The van der Waals surface area contributed by atoms with Crippen LogP contribution in [0.3, 0.4) is 0 Å². The van der Waals surface area contributed by atoms with Gasteiger partial charge in [-0.2, -0.15) is 17.0 Å². The van der Waals surface area contributed by atoms with Crippen molar-refractivity contribution in [2.75, 3.05) is 45.9 Å². The summed E-state index contributed by atoms with van der Waals surface area (Å²) in [6.07, 6.45) is 8.46. The molecular formula is C23H36N4O4S. The number of pyridine rings is 1. The van der Waals surface area contributed by atoms with Crippen molar-refractivity contribution in [2.24, 2.45) is 17.8 Å². The van der Waals surface area contributed by atoms with Gasteiger partial charge in [0.25, 0.3) is 10.2 Å². The molecule has 0 saturated carbocycles. The predicted octanol–water partition coefficient (Wildman–Crippen LogP) is 2.39. The zero-order valence-electron chi connectivity index (χ0n) is 19.1. The maximum atomic E-state index is 13.0. The second kappa shape index (κ2) is 10.5. The van der Waals surface area contributed by atoms with E-state index in [1.54, 1.807) is 21.0 Å². The number of aromatic nitrogens is 1. The monoisotopic (exact) mass is 464 g/mol. The number of rotatable bonds is 7. The first-order valence-electron chi connectivity index (χ1n) is 12.0. The molecule has 1 aromatic rings. The highest BCUT2D eigenvalue weighted by Crippen LogP contribution is 2.28. The lowest BCUT2D eigenvalue weighted by Crippen LogP contribution is -2.50. The summed E-state index contributed by atoms with van der Waals surface area (Å²) < 4.78 is 34.9. The molecule has 3 aliphatic rings. The van der Waals surface area contributed by atoms with Gasteiger partial charge in [0, 0.05) is 57.6 Å². The van der Waals surface area contributed by atoms with Gasteiger partial charge in [-0.15, -0.1) is 0 Å². The maximum Gasteiger partial charge on any atom is 0.281 e. The number of nitrogens with zero attached hydrogens (tertiary/aromatic N) is 4. The Hall–Kier alpha value is -1.71. The van der Waals surface area contributed by atoms with Crippen LogP contribution in [0.5, 0.6) is 5.75 Å². The van der Waals surface area contributed by atoms with Crippen LogP contribution in [-0.4, -0.2) is 78.7 Å². The molecule has 1 unspecified atom stereocenters. The standard InChI is InChI=1S/C23H36N4O4S/c1-19-4-13-26(14-5-19)32(29,30)27-15-7-21(8-16-27)23(28)25-12-6-20(18-25)9-17-31-22-2-10-24-11-3-22/h2-3,10-11,19-21H,4-9,12-18H2,1H3. The van der Waals surface area contributed by atoms with Gasteiger partial charge in [0.1, 0.15) is 5.75 Å². The summed E-state index contributed by atoms with van der Waals surface area (Å²) in [6.45, 7) is 6.51. The molecule has 32 heavy (non-hydrogen) atoms. The molecule has 1 aromatic heterocycles. The van der Waals surface area contributed by atoms with Gasteiger partial charge >= 0.3 is 0 Å². The zero-order chi connectivity index (χ0) is 22.6. The summed E-state index contributed by atoms with van der Waals surface area (Å²) in [5, 5.41) is 0. The van der Waals surface area contributed by atoms with Crippen molar-refractivity contribution in [3.63, 3.8) is 0 Å². The van der Waals surface area contributed by atoms with E-state index in [9.17, 15) is 13.2 Å². The summed E-state index contributed by atoms with van der Waals surface area (Å²) in [5.74, 6) is 2.02. The molecule has 4 rings (SSSR count). The van der Waals surface area contributed by atoms with E-state index in [0.29, 0.717) is 57.5 Å². The molecule has 178 valence electrons. The Balaban J connectivity index is 1.20. The number of carbonyl (C=O) groups excluding carboxylic acids is 1. The Morgan fingerprint density at radius 1 is 1.00 bits per heavy atom. The van der Waals surface area contributed by atoms with Crippen molar-refractivity contribution < 1.29 is 17.9 Å². The first kappa shape index (κ1) is 23.4. The summed E-state index contributed by atoms with van der Waals surface area (Å²) in [7, 11) is -3.39. The normalized spacial score (nSPS) is 24.7. The molecule has 8 nitrogen and oxygen atoms in total. The Morgan fingerprint density at radius 2 is 1.62 bits per heavy atom. The van der Waals surface area contributed by atoms with E-state index >= 15 is 0 Å². The molecule has 0 bridgehead atoms. The Kier molecular flexibility index (Phi) is 7.68. The highest BCUT2D eigenvalue weighted by Gasteiger charge is 2.38. The molecule has 3 fully saturated rings. The zero-order valence-corrected chi connectivity index (χ0v) is 19.9. The second-order valence-electron chi connectivity index (χ2n) is 9.52. The van der Waals surface area contributed by atoms with Gasteiger partial charge in [0.05, 0.1) is 6.61 Å². The minimum Gasteiger partial charge on any atom is -0.493 e. The second-order valence-corrected chi connectivity index (χ2v) is 11.5. The highest BCUT2D eigenvalue weighted by atomic mass is 32.2. The minimum absolute atomic E-state index is 0.0605. The molecular weight excluding hydrogens is 428 g/mol. The van der Waals surface area contributed by atoms with Crippen LogP contribution < -0.4 is 4.74 Å². The lowest BCUT2D eigenvalue weighted by Gasteiger charge is -2.37. The molecule has 0 aromatic carbocycles. The molecule has 0 aliphatic carbocycles. The van der Waals surface area contributed by atoms with Crippen molar-refractivity contribution in [3.8, 4) is 5.75 Å². The molecule has 3 saturated heterocycles. The number of piperidine rings is 2. The average molecular weight is 465 g/mol. The van der Waals surface area contributed by atoms with Crippen LogP contribution in [0.4, 0.5) is 0 Å². The van der Waals surface area contributed by atoms with Gasteiger partial charge in [-0.1, -0.05) is 6.92 Å². The quantitative estimate of drug-likeness (QED) is 0.619. The molecule has 0 spiro atoms. The number of amides is 1. The lowest BCUT2D eigenvalue weighted by molar-refractivity contribution is -0.135. The fraction of sp³-hybridized carbons (Fsp3) is 0.739.